The Morgan fingerprint density at radius 2 is 1.83 bits per heavy atom. The minimum absolute atomic E-state index is 0.0675. The summed E-state index contributed by atoms with van der Waals surface area (Å²) < 4.78 is 43.9. The lowest BCUT2D eigenvalue weighted by Gasteiger charge is -2.10. The first-order valence-electron chi connectivity index (χ1n) is 11.0. The van der Waals surface area contributed by atoms with Gasteiger partial charge in [-0.1, -0.05) is 30.3 Å². The van der Waals surface area contributed by atoms with Crippen LogP contribution in [0.15, 0.2) is 53.9 Å². The van der Waals surface area contributed by atoms with Crippen LogP contribution in [0.2, 0.25) is 0 Å². The maximum Gasteiger partial charge on any atom is 0.433 e. The Kier molecular flexibility index (Phi) is 5.87. The van der Waals surface area contributed by atoms with Gasteiger partial charge in [-0.2, -0.15) is 23.4 Å². The molecule has 1 aromatic carbocycles. The molecule has 1 amide bonds. The lowest BCUT2D eigenvalue weighted by atomic mass is 10.1. The first-order valence-corrected chi connectivity index (χ1v) is 11.9. The highest BCUT2D eigenvalue weighted by atomic mass is 32.1. The number of nitrogens with zero attached hydrogens (tertiary/aromatic N) is 5. The number of fused-ring (bicyclic) bond motifs is 1. The van der Waals surface area contributed by atoms with Crippen molar-refractivity contribution in [1.82, 2.24) is 24.4 Å². The van der Waals surface area contributed by atoms with Gasteiger partial charge in [0.15, 0.2) is 17.0 Å². The van der Waals surface area contributed by atoms with E-state index in [-0.39, 0.29) is 17.0 Å². The molecule has 7 nitrogen and oxygen atoms in total. The van der Waals surface area contributed by atoms with Crippen molar-refractivity contribution in [2.24, 2.45) is 0 Å². The number of aryl methyl sites for hydroxylation is 2. The van der Waals surface area contributed by atoms with E-state index >= 15 is 0 Å². The number of anilines is 1. The lowest BCUT2D eigenvalue weighted by molar-refractivity contribution is -0.142. The molecule has 0 spiro atoms. The molecule has 4 heterocycles. The highest BCUT2D eigenvalue weighted by Gasteiger charge is 2.36. The van der Waals surface area contributed by atoms with E-state index in [1.165, 1.54) is 17.4 Å². The third-order valence-electron chi connectivity index (χ3n) is 5.93. The zero-order chi connectivity index (χ0) is 25.6. The van der Waals surface area contributed by atoms with Gasteiger partial charge in [0, 0.05) is 6.07 Å². The van der Waals surface area contributed by atoms with Crippen molar-refractivity contribution in [1.29, 1.82) is 0 Å². The molecular formula is C25H21F3N6OS. The van der Waals surface area contributed by atoms with E-state index < -0.39 is 17.8 Å². The lowest BCUT2D eigenvalue weighted by Crippen LogP contribution is -2.16. The number of amides is 1. The predicted molar refractivity (Wildman–Crippen MR) is 131 cm³/mol. The van der Waals surface area contributed by atoms with Gasteiger partial charge in [-0.05, 0) is 49.4 Å². The summed E-state index contributed by atoms with van der Waals surface area (Å²) in [6.07, 6.45) is -4.68. The fourth-order valence-corrected chi connectivity index (χ4v) is 4.68. The number of hydrogen-bond donors (Lipinski definition) is 1. The molecule has 0 aliphatic carbocycles. The Bertz CT molecular complexity index is 1580. The third kappa shape index (κ3) is 4.37. The van der Waals surface area contributed by atoms with Gasteiger partial charge in [0.2, 0.25) is 0 Å². The number of nitrogens with one attached hydrogen (secondary N) is 1. The Morgan fingerprint density at radius 1 is 1.06 bits per heavy atom. The zero-order valence-corrected chi connectivity index (χ0v) is 20.4. The van der Waals surface area contributed by atoms with E-state index in [0.29, 0.717) is 27.3 Å². The molecule has 0 radical (unpaired) electrons. The van der Waals surface area contributed by atoms with Gasteiger partial charge in [0.1, 0.15) is 0 Å². The van der Waals surface area contributed by atoms with Crippen LogP contribution in [0.1, 0.15) is 38.7 Å². The van der Waals surface area contributed by atoms with Crippen molar-refractivity contribution in [2.75, 3.05) is 5.32 Å². The molecule has 5 rings (SSSR count). The van der Waals surface area contributed by atoms with Crippen molar-refractivity contribution in [3.63, 3.8) is 0 Å². The average molecular weight is 511 g/mol. The van der Waals surface area contributed by atoms with Gasteiger partial charge in [-0.15, -0.1) is 11.3 Å². The second-order valence-electron chi connectivity index (χ2n) is 8.39. The molecular weight excluding hydrogens is 489 g/mol. The van der Waals surface area contributed by atoms with Crippen molar-refractivity contribution in [3.05, 3.63) is 87.8 Å². The first-order chi connectivity index (χ1) is 17.1. The van der Waals surface area contributed by atoms with Crippen LogP contribution in [0.3, 0.4) is 0 Å². The molecule has 4 aromatic heterocycles. The normalized spacial score (nSPS) is 11.8. The van der Waals surface area contributed by atoms with Gasteiger partial charge >= 0.3 is 6.18 Å². The number of rotatable bonds is 5. The molecule has 11 heteroatoms. The zero-order valence-electron chi connectivity index (χ0n) is 19.6. The summed E-state index contributed by atoms with van der Waals surface area (Å²) in [4.78, 5) is 17.9. The summed E-state index contributed by atoms with van der Waals surface area (Å²) in [5.41, 5.74) is 2.94. The molecule has 0 aliphatic heterocycles. The highest BCUT2D eigenvalue weighted by Crippen LogP contribution is 2.33. The van der Waals surface area contributed by atoms with Gasteiger partial charge in [-0.25, -0.2) is 9.50 Å². The number of benzene rings is 1. The minimum atomic E-state index is -4.68. The van der Waals surface area contributed by atoms with Crippen LogP contribution in [0.25, 0.3) is 16.2 Å². The second kappa shape index (κ2) is 8.90. The summed E-state index contributed by atoms with van der Waals surface area (Å²) in [5, 5.41) is 13.0. The summed E-state index contributed by atoms with van der Waals surface area (Å²) >= 11 is 1.28. The topological polar surface area (TPSA) is 77.1 Å². The van der Waals surface area contributed by atoms with Gasteiger partial charge in [0.05, 0.1) is 34.2 Å². The average Bonchev–Trinajstić information content (AvgIpc) is 3.56. The number of aromatic nitrogens is 5. The predicted octanol–water partition coefficient (Wildman–Crippen LogP) is 5.90. The largest absolute Gasteiger partial charge is 0.433 e. The molecule has 1 N–H and O–H groups in total. The quantitative estimate of drug-likeness (QED) is 0.319. The monoisotopic (exact) mass is 510 g/mol. The maximum absolute atomic E-state index is 13.8. The van der Waals surface area contributed by atoms with E-state index in [0.717, 1.165) is 22.9 Å². The van der Waals surface area contributed by atoms with Crippen LogP contribution in [-0.2, 0) is 12.7 Å². The standard InChI is InChI=1S/C25H21F3N6OS/c1-14-7-4-5-8-17(14)13-33-16(3)23(15(2)31-33)30-24(35)19-12-22-29-18(20-9-6-10-36-20)11-21(25(26,27)28)34(22)32-19/h4-12H,13H2,1-3H3,(H,30,35). The molecule has 0 fully saturated rings. The number of carbonyl (C=O) groups excluding carboxylic acids is 1. The fraction of sp³-hybridized carbons (Fsp3) is 0.200. The van der Waals surface area contributed by atoms with Crippen molar-refractivity contribution >= 4 is 28.6 Å². The summed E-state index contributed by atoms with van der Waals surface area (Å²) in [6, 6.07) is 13.6. The molecule has 0 aliphatic rings. The molecule has 0 unspecified atom stereocenters. The molecule has 0 bridgehead atoms. The molecule has 5 aromatic rings. The third-order valence-corrected chi connectivity index (χ3v) is 6.82. The van der Waals surface area contributed by atoms with Crippen molar-refractivity contribution < 1.29 is 18.0 Å². The van der Waals surface area contributed by atoms with Gasteiger partial charge in [-0.3, -0.25) is 9.48 Å². The van der Waals surface area contributed by atoms with Crippen LogP contribution in [0.4, 0.5) is 18.9 Å². The number of hydrogen-bond acceptors (Lipinski definition) is 5. The molecule has 0 saturated heterocycles. The molecule has 0 saturated carbocycles. The van der Waals surface area contributed by atoms with E-state index in [1.807, 2.05) is 38.1 Å². The van der Waals surface area contributed by atoms with Crippen LogP contribution >= 0.6 is 11.3 Å². The summed E-state index contributed by atoms with van der Waals surface area (Å²) in [5.74, 6) is -0.645. The SMILES string of the molecule is Cc1ccccc1Cn1nc(C)c(NC(=O)c2cc3nc(-c4cccs4)cc(C(F)(F)F)n3n2)c1C. The molecule has 36 heavy (non-hydrogen) atoms. The number of carbonyl (C=O) groups is 1. The fourth-order valence-electron chi connectivity index (χ4n) is 4.00. The number of alkyl halides is 3. The summed E-state index contributed by atoms with van der Waals surface area (Å²) in [7, 11) is 0. The highest BCUT2D eigenvalue weighted by molar-refractivity contribution is 7.13. The number of halogens is 3. The van der Waals surface area contributed by atoms with E-state index in [2.05, 4.69) is 20.5 Å². The van der Waals surface area contributed by atoms with E-state index in [1.54, 1.807) is 29.1 Å². The minimum Gasteiger partial charge on any atom is -0.317 e. The molecule has 0 atom stereocenters. The first kappa shape index (κ1) is 23.7. The van der Waals surface area contributed by atoms with Crippen LogP contribution in [0.5, 0.6) is 0 Å². The molecule has 184 valence electrons. The summed E-state index contributed by atoms with van der Waals surface area (Å²) in [6.45, 7) is 6.12. The Balaban J connectivity index is 1.48. The van der Waals surface area contributed by atoms with Crippen LogP contribution in [0, 0.1) is 20.8 Å². The maximum atomic E-state index is 13.8. The Morgan fingerprint density at radius 3 is 2.53 bits per heavy atom. The van der Waals surface area contributed by atoms with E-state index in [9.17, 15) is 18.0 Å². The van der Waals surface area contributed by atoms with Crippen molar-refractivity contribution in [3.8, 4) is 10.6 Å². The Hall–Kier alpha value is -3.99. The Labute approximate surface area is 208 Å². The van der Waals surface area contributed by atoms with Gasteiger partial charge < -0.3 is 5.32 Å². The van der Waals surface area contributed by atoms with Crippen molar-refractivity contribution in [2.45, 2.75) is 33.5 Å². The second-order valence-corrected chi connectivity index (χ2v) is 9.33. The van der Waals surface area contributed by atoms with Crippen LogP contribution in [-0.4, -0.2) is 30.3 Å². The van der Waals surface area contributed by atoms with E-state index in [4.69, 9.17) is 0 Å². The smallest absolute Gasteiger partial charge is 0.317 e. The van der Waals surface area contributed by atoms with Gasteiger partial charge in [0.25, 0.3) is 5.91 Å². The van der Waals surface area contributed by atoms with Crippen LogP contribution < -0.4 is 5.32 Å². The number of thiophene rings is 1.